The molecule has 154 valence electrons. The predicted octanol–water partition coefficient (Wildman–Crippen LogP) is 2.63. The molecule has 0 aromatic heterocycles. The van der Waals surface area contributed by atoms with Crippen LogP contribution >= 0.6 is 0 Å². The van der Waals surface area contributed by atoms with Crippen molar-refractivity contribution in [1.29, 1.82) is 0 Å². The molecule has 4 rings (SSSR count). The van der Waals surface area contributed by atoms with Crippen molar-refractivity contribution in [3.63, 3.8) is 0 Å². The van der Waals surface area contributed by atoms with E-state index in [0.717, 1.165) is 30.9 Å². The number of fused-ring (bicyclic) bond motifs is 4. The first-order valence-corrected chi connectivity index (χ1v) is 10.9. The maximum atomic E-state index is 13.4. The van der Waals surface area contributed by atoms with Crippen molar-refractivity contribution in [1.82, 2.24) is 14.7 Å². The van der Waals surface area contributed by atoms with Gasteiger partial charge in [-0.05, 0) is 69.9 Å². The summed E-state index contributed by atoms with van der Waals surface area (Å²) in [6.45, 7) is 4.18. The number of hydrogen-bond acceptors (Lipinski definition) is 4. The van der Waals surface area contributed by atoms with Crippen LogP contribution in [0.15, 0.2) is 24.3 Å². The highest BCUT2D eigenvalue weighted by Crippen LogP contribution is 2.41. The number of carbonyl (C=O) groups excluding carboxylic acids is 1. The second kappa shape index (κ2) is 8.03. The number of nitrogens with zero attached hydrogens (tertiary/aromatic N) is 4. The van der Waals surface area contributed by atoms with Gasteiger partial charge in [0.25, 0.3) is 5.91 Å². The molecule has 3 aliphatic rings. The van der Waals surface area contributed by atoms with E-state index >= 15 is 0 Å². The number of amides is 1. The average Bonchev–Trinajstić information content (AvgIpc) is 2.70. The van der Waals surface area contributed by atoms with Crippen LogP contribution in [0.4, 0.5) is 5.69 Å². The summed E-state index contributed by atoms with van der Waals surface area (Å²) in [7, 11) is 8.42. The molecule has 3 aliphatic heterocycles. The van der Waals surface area contributed by atoms with Crippen molar-refractivity contribution < 1.29 is 4.79 Å². The zero-order valence-electron chi connectivity index (χ0n) is 18.0. The molecule has 5 nitrogen and oxygen atoms in total. The second-order valence-corrected chi connectivity index (χ2v) is 9.54. The van der Waals surface area contributed by atoms with Gasteiger partial charge in [0.15, 0.2) is 0 Å². The average molecular weight is 385 g/mol. The minimum Gasteiger partial charge on any atom is -0.378 e. The molecule has 1 aromatic rings. The topological polar surface area (TPSA) is 30.0 Å². The monoisotopic (exact) mass is 384 g/mol. The van der Waals surface area contributed by atoms with Crippen LogP contribution in [0.2, 0.25) is 0 Å². The van der Waals surface area contributed by atoms with Gasteiger partial charge in [0.1, 0.15) is 0 Å². The third-order valence-corrected chi connectivity index (χ3v) is 7.07. The second-order valence-electron chi connectivity index (χ2n) is 9.54. The minimum atomic E-state index is 0.214. The van der Waals surface area contributed by atoms with Crippen molar-refractivity contribution in [2.24, 2.45) is 11.8 Å². The van der Waals surface area contributed by atoms with Crippen molar-refractivity contribution in [2.75, 3.05) is 59.3 Å². The summed E-state index contributed by atoms with van der Waals surface area (Å²) in [6, 6.07) is 9.33. The van der Waals surface area contributed by atoms with Crippen LogP contribution in [-0.4, -0.2) is 87.1 Å². The van der Waals surface area contributed by atoms with Gasteiger partial charge in [0, 0.05) is 57.1 Å². The molecule has 0 unspecified atom stereocenters. The molecule has 1 aromatic carbocycles. The Morgan fingerprint density at radius 2 is 1.89 bits per heavy atom. The summed E-state index contributed by atoms with van der Waals surface area (Å²) in [5.74, 6) is 1.45. The molecule has 0 spiro atoms. The van der Waals surface area contributed by atoms with Gasteiger partial charge in [-0.2, -0.15) is 0 Å². The van der Waals surface area contributed by atoms with E-state index in [-0.39, 0.29) is 5.91 Å². The third-order valence-electron chi connectivity index (χ3n) is 7.07. The SMILES string of the molecule is CN(C)C[C@H]1[C@H]2C[C@H](CN(C(=O)c3cccc(N(C)C)c3)C2)[C@@H]2CCCCN21. The van der Waals surface area contributed by atoms with Gasteiger partial charge in [-0.1, -0.05) is 12.5 Å². The summed E-state index contributed by atoms with van der Waals surface area (Å²) in [6.07, 6.45) is 5.27. The number of likely N-dealkylation sites (N-methyl/N-ethyl adjacent to an activating group) is 1. The lowest BCUT2D eigenvalue weighted by atomic mass is 9.72. The third kappa shape index (κ3) is 3.79. The largest absolute Gasteiger partial charge is 0.378 e. The number of carbonyl (C=O) groups is 1. The van der Waals surface area contributed by atoms with E-state index in [2.05, 4.69) is 39.8 Å². The summed E-state index contributed by atoms with van der Waals surface area (Å²) in [5.41, 5.74) is 1.92. The first-order valence-electron chi connectivity index (χ1n) is 10.9. The molecule has 2 bridgehead atoms. The van der Waals surface area contributed by atoms with E-state index in [1.54, 1.807) is 0 Å². The number of hydrogen-bond donors (Lipinski definition) is 0. The van der Waals surface area contributed by atoms with Crippen LogP contribution in [0, 0.1) is 11.8 Å². The smallest absolute Gasteiger partial charge is 0.253 e. The zero-order valence-corrected chi connectivity index (χ0v) is 18.0. The Hall–Kier alpha value is -1.59. The van der Waals surface area contributed by atoms with Gasteiger partial charge < -0.3 is 14.7 Å². The molecule has 3 fully saturated rings. The van der Waals surface area contributed by atoms with E-state index in [0.29, 0.717) is 23.9 Å². The lowest BCUT2D eigenvalue weighted by molar-refractivity contribution is -0.0702. The number of benzene rings is 1. The molecule has 0 saturated carbocycles. The van der Waals surface area contributed by atoms with E-state index in [9.17, 15) is 4.79 Å². The first kappa shape index (κ1) is 19.7. The van der Waals surface area contributed by atoms with E-state index in [1.807, 2.05) is 32.3 Å². The molecule has 0 radical (unpaired) electrons. The molecule has 3 saturated heterocycles. The van der Waals surface area contributed by atoms with E-state index < -0.39 is 0 Å². The van der Waals surface area contributed by atoms with Gasteiger partial charge in [-0.3, -0.25) is 9.69 Å². The first-order chi connectivity index (χ1) is 13.4. The number of rotatable bonds is 4. The zero-order chi connectivity index (χ0) is 19.8. The van der Waals surface area contributed by atoms with Crippen LogP contribution < -0.4 is 4.90 Å². The Labute approximate surface area is 170 Å². The van der Waals surface area contributed by atoms with Crippen LogP contribution in [0.3, 0.4) is 0 Å². The van der Waals surface area contributed by atoms with Gasteiger partial charge in [-0.25, -0.2) is 0 Å². The summed E-state index contributed by atoms with van der Waals surface area (Å²) in [5, 5.41) is 0. The summed E-state index contributed by atoms with van der Waals surface area (Å²) in [4.78, 5) is 22.8. The maximum Gasteiger partial charge on any atom is 0.253 e. The highest BCUT2D eigenvalue weighted by atomic mass is 16.2. The van der Waals surface area contributed by atoms with Crippen LogP contribution in [-0.2, 0) is 0 Å². The molecule has 0 N–H and O–H groups in total. The van der Waals surface area contributed by atoms with Crippen LogP contribution in [0.1, 0.15) is 36.0 Å². The molecular formula is C23H36N4O. The fourth-order valence-corrected chi connectivity index (χ4v) is 5.80. The van der Waals surface area contributed by atoms with Crippen LogP contribution in [0.25, 0.3) is 0 Å². The Kier molecular flexibility index (Phi) is 5.66. The molecule has 3 heterocycles. The standard InChI is InChI=1S/C23H36N4O/c1-24(2)16-22-19-12-18(21-10-5-6-11-27(21)22)14-26(15-19)23(28)17-8-7-9-20(13-17)25(3)4/h7-9,13,18-19,21-22H,5-6,10-12,14-16H2,1-4H3/t18-,19+,21+,22+/m1/s1. The van der Waals surface area contributed by atoms with E-state index in [1.165, 1.54) is 32.2 Å². The van der Waals surface area contributed by atoms with Crippen LogP contribution in [0.5, 0.6) is 0 Å². The summed E-state index contributed by atoms with van der Waals surface area (Å²) >= 11 is 0. The quantitative estimate of drug-likeness (QED) is 0.798. The lowest BCUT2D eigenvalue weighted by Gasteiger charge is -2.57. The number of likely N-dealkylation sites (tertiary alicyclic amines) is 1. The van der Waals surface area contributed by atoms with E-state index in [4.69, 9.17) is 0 Å². The number of piperidine rings is 3. The van der Waals surface area contributed by atoms with Gasteiger partial charge in [0.2, 0.25) is 0 Å². The maximum absolute atomic E-state index is 13.4. The Morgan fingerprint density at radius 3 is 2.64 bits per heavy atom. The Morgan fingerprint density at radius 1 is 1.11 bits per heavy atom. The van der Waals surface area contributed by atoms with Crippen molar-refractivity contribution in [3.8, 4) is 0 Å². The minimum absolute atomic E-state index is 0.214. The fourth-order valence-electron chi connectivity index (χ4n) is 5.80. The van der Waals surface area contributed by atoms with Crippen molar-refractivity contribution in [3.05, 3.63) is 29.8 Å². The van der Waals surface area contributed by atoms with Gasteiger partial charge in [-0.15, -0.1) is 0 Å². The van der Waals surface area contributed by atoms with Crippen molar-refractivity contribution in [2.45, 2.75) is 37.8 Å². The van der Waals surface area contributed by atoms with Gasteiger partial charge in [0.05, 0.1) is 0 Å². The molecule has 5 heteroatoms. The molecule has 0 aliphatic carbocycles. The number of anilines is 1. The molecule has 1 amide bonds. The molecule has 28 heavy (non-hydrogen) atoms. The Bertz CT molecular complexity index is 704. The summed E-state index contributed by atoms with van der Waals surface area (Å²) < 4.78 is 0. The Balaban J connectivity index is 1.56. The lowest BCUT2D eigenvalue weighted by Crippen LogP contribution is -2.65. The fraction of sp³-hybridized carbons (Fsp3) is 0.696. The normalized spacial score (nSPS) is 30.2. The molecule has 4 atom stereocenters. The highest BCUT2D eigenvalue weighted by molar-refractivity contribution is 5.95. The van der Waals surface area contributed by atoms with Crippen molar-refractivity contribution >= 4 is 11.6 Å². The predicted molar refractivity (Wildman–Crippen MR) is 115 cm³/mol. The molecular weight excluding hydrogens is 348 g/mol. The van der Waals surface area contributed by atoms with Gasteiger partial charge >= 0.3 is 0 Å². The highest BCUT2D eigenvalue weighted by Gasteiger charge is 2.47.